The van der Waals surface area contributed by atoms with E-state index in [-0.39, 0.29) is 5.52 Å². The fraction of sp³-hybridized carbons (Fsp3) is 0.294. The third kappa shape index (κ3) is 2.49. The molecular weight excluding hydrogens is 370 g/mol. The number of thioether (sulfide) groups is 1. The predicted molar refractivity (Wildman–Crippen MR) is 89.2 cm³/mol. The Labute approximate surface area is 150 Å². The van der Waals surface area contributed by atoms with Gasteiger partial charge in [-0.1, -0.05) is 6.92 Å². The van der Waals surface area contributed by atoms with Gasteiger partial charge in [0.05, 0.1) is 22.2 Å². The lowest BCUT2D eigenvalue weighted by Crippen LogP contribution is -2.17. The van der Waals surface area contributed by atoms with Gasteiger partial charge in [-0.3, -0.25) is 4.98 Å². The van der Waals surface area contributed by atoms with Crippen molar-refractivity contribution in [2.45, 2.75) is 24.0 Å². The Morgan fingerprint density at radius 2 is 1.85 bits per heavy atom. The standard InChI is InChI=1S/C17H13F4N3OS/c1-3-26-13-5-4-6-22-14(13)15-23-11-7-9-10(8-12(11)24(15)2)17(20,21)25-16(9,18)19/h4-8H,3H2,1-2H3. The average molecular weight is 383 g/mol. The van der Waals surface area contributed by atoms with Crippen molar-refractivity contribution >= 4 is 22.8 Å². The minimum atomic E-state index is -4.06. The van der Waals surface area contributed by atoms with E-state index in [0.717, 1.165) is 22.8 Å². The first kappa shape index (κ1) is 17.3. The van der Waals surface area contributed by atoms with Crippen LogP contribution in [0.4, 0.5) is 17.6 Å². The van der Waals surface area contributed by atoms with Crippen LogP contribution in [0.15, 0.2) is 35.4 Å². The number of imidazole rings is 1. The second-order valence-corrected chi connectivity index (χ2v) is 7.11. The van der Waals surface area contributed by atoms with Crippen LogP contribution in [0.5, 0.6) is 0 Å². The lowest BCUT2D eigenvalue weighted by atomic mass is 10.1. The molecule has 0 saturated carbocycles. The summed E-state index contributed by atoms with van der Waals surface area (Å²) in [6.07, 6.45) is -6.50. The van der Waals surface area contributed by atoms with Gasteiger partial charge in [-0.15, -0.1) is 11.8 Å². The Bertz CT molecular complexity index is 1020. The molecular formula is C17H13F4N3OS. The molecule has 3 aromatic rings. The van der Waals surface area contributed by atoms with Crippen molar-refractivity contribution in [3.05, 3.63) is 41.6 Å². The Kier molecular flexibility index (Phi) is 3.78. The third-order valence-electron chi connectivity index (χ3n) is 4.19. The molecule has 3 heterocycles. The number of aromatic nitrogens is 3. The van der Waals surface area contributed by atoms with Gasteiger partial charge < -0.3 is 4.57 Å². The lowest BCUT2D eigenvalue weighted by molar-refractivity contribution is -0.369. The topological polar surface area (TPSA) is 39.9 Å². The first-order chi connectivity index (χ1) is 12.2. The molecule has 2 aromatic heterocycles. The Balaban J connectivity index is 1.95. The molecule has 1 aliphatic rings. The van der Waals surface area contributed by atoms with E-state index < -0.39 is 23.3 Å². The first-order valence-corrected chi connectivity index (χ1v) is 8.78. The highest BCUT2D eigenvalue weighted by molar-refractivity contribution is 7.99. The fourth-order valence-electron chi connectivity index (χ4n) is 3.03. The van der Waals surface area contributed by atoms with E-state index in [4.69, 9.17) is 0 Å². The zero-order valence-corrected chi connectivity index (χ0v) is 14.6. The molecule has 0 atom stereocenters. The Morgan fingerprint density at radius 1 is 1.15 bits per heavy atom. The van der Waals surface area contributed by atoms with Crippen molar-refractivity contribution in [3.63, 3.8) is 0 Å². The number of pyridine rings is 1. The zero-order chi connectivity index (χ0) is 18.7. The molecule has 1 aromatic carbocycles. The first-order valence-electron chi connectivity index (χ1n) is 7.80. The second-order valence-electron chi connectivity index (χ2n) is 5.80. The molecule has 0 bridgehead atoms. The normalized spacial score (nSPS) is 17.6. The number of fused-ring (bicyclic) bond motifs is 2. The quantitative estimate of drug-likeness (QED) is 0.478. The van der Waals surface area contributed by atoms with Crippen LogP contribution in [0.25, 0.3) is 22.6 Å². The summed E-state index contributed by atoms with van der Waals surface area (Å²) in [4.78, 5) is 9.58. The molecule has 0 amide bonds. The summed E-state index contributed by atoms with van der Waals surface area (Å²) in [7, 11) is 1.64. The van der Waals surface area contributed by atoms with Crippen molar-refractivity contribution in [2.24, 2.45) is 7.05 Å². The van der Waals surface area contributed by atoms with E-state index in [0.29, 0.717) is 17.0 Å². The van der Waals surface area contributed by atoms with Gasteiger partial charge in [0.25, 0.3) is 0 Å². The van der Waals surface area contributed by atoms with Crippen molar-refractivity contribution in [2.75, 3.05) is 5.75 Å². The molecule has 1 aliphatic heterocycles. The number of nitrogens with zero attached hydrogens (tertiary/aromatic N) is 3. The van der Waals surface area contributed by atoms with E-state index in [1.807, 2.05) is 13.0 Å². The zero-order valence-electron chi connectivity index (χ0n) is 13.8. The lowest BCUT2D eigenvalue weighted by Gasteiger charge is -2.11. The smallest absolute Gasteiger partial charge is 0.326 e. The fourth-order valence-corrected chi connectivity index (χ4v) is 3.80. The van der Waals surface area contributed by atoms with Gasteiger partial charge in [-0.25, -0.2) is 9.72 Å². The van der Waals surface area contributed by atoms with Crippen molar-refractivity contribution in [1.82, 2.24) is 14.5 Å². The van der Waals surface area contributed by atoms with Crippen molar-refractivity contribution < 1.29 is 22.3 Å². The highest BCUT2D eigenvalue weighted by Crippen LogP contribution is 2.52. The molecule has 0 N–H and O–H groups in total. The number of aryl methyl sites for hydroxylation is 1. The van der Waals surface area contributed by atoms with Gasteiger partial charge in [0.1, 0.15) is 5.69 Å². The predicted octanol–water partition coefficient (Wildman–Crippen LogP) is 4.88. The van der Waals surface area contributed by atoms with Gasteiger partial charge in [0.2, 0.25) is 0 Å². The molecule has 9 heteroatoms. The summed E-state index contributed by atoms with van der Waals surface area (Å²) < 4.78 is 60.5. The molecule has 0 spiro atoms. The minimum absolute atomic E-state index is 0.181. The molecule has 4 nitrogen and oxygen atoms in total. The Morgan fingerprint density at radius 3 is 2.54 bits per heavy atom. The van der Waals surface area contributed by atoms with E-state index in [1.54, 1.807) is 35.6 Å². The maximum absolute atomic E-state index is 13.8. The summed E-state index contributed by atoms with van der Waals surface area (Å²) in [6, 6.07) is 5.64. The van der Waals surface area contributed by atoms with Gasteiger partial charge in [-0.2, -0.15) is 17.6 Å². The molecule has 26 heavy (non-hydrogen) atoms. The number of benzene rings is 1. The van der Waals surface area contributed by atoms with Crippen LogP contribution in [-0.2, 0) is 24.0 Å². The van der Waals surface area contributed by atoms with Gasteiger partial charge in [0, 0.05) is 18.1 Å². The molecule has 0 aliphatic carbocycles. The molecule has 0 radical (unpaired) electrons. The summed E-state index contributed by atoms with van der Waals surface area (Å²) in [6.45, 7) is 1.99. The number of alkyl halides is 4. The SMILES string of the molecule is CCSc1cccnc1-c1nc2cc3c(cc2n1C)C(F)(F)OC3(F)F. The summed E-state index contributed by atoms with van der Waals surface area (Å²) >= 11 is 1.56. The number of ether oxygens (including phenoxy) is 1. The molecule has 0 unspecified atom stereocenters. The second kappa shape index (κ2) is 5.68. The van der Waals surface area contributed by atoms with Crippen molar-refractivity contribution in [3.8, 4) is 11.5 Å². The largest absolute Gasteiger partial charge is 0.388 e. The molecule has 0 saturated heterocycles. The van der Waals surface area contributed by atoms with E-state index >= 15 is 0 Å². The monoisotopic (exact) mass is 383 g/mol. The highest BCUT2D eigenvalue weighted by Gasteiger charge is 2.57. The maximum atomic E-state index is 13.8. The van der Waals surface area contributed by atoms with E-state index in [9.17, 15) is 17.6 Å². The van der Waals surface area contributed by atoms with Gasteiger partial charge in [0.15, 0.2) is 5.82 Å². The number of hydrogen-bond acceptors (Lipinski definition) is 4. The highest BCUT2D eigenvalue weighted by atomic mass is 32.2. The molecule has 0 fully saturated rings. The van der Waals surface area contributed by atoms with Gasteiger partial charge in [-0.05, 0) is 30.0 Å². The van der Waals surface area contributed by atoms with Gasteiger partial charge >= 0.3 is 12.2 Å². The number of rotatable bonds is 3. The Hall–Kier alpha value is -2.13. The van der Waals surface area contributed by atoms with E-state index in [2.05, 4.69) is 14.7 Å². The maximum Gasteiger partial charge on any atom is 0.388 e. The summed E-state index contributed by atoms with van der Waals surface area (Å²) in [5.74, 6) is 1.24. The van der Waals surface area contributed by atoms with Crippen molar-refractivity contribution in [1.29, 1.82) is 0 Å². The number of hydrogen-bond donors (Lipinski definition) is 0. The summed E-state index contributed by atoms with van der Waals surface area (Å²) in [5, 5.41) is 0. The van der Waals surface area contributed by atoms with Crippen LogP contribution in [0, 0.1) is 0 Å². The van der Waals surface area contributed by atoms with E-state index in [1.165, 1.54) is 0 Å². The van der Waals surface area contributed by atoms with Crippen LogP contribution < -0.4 is 0 Å². The van der Waals surface area contributed by atoms with Crippen LogP contribution in [0.1, 0.15) is 18.1 Å². The minimum Gasteiger partial charge on any atom is -0.326 e. The number of halogens is 4. The average Bonchev–Trinajstić information content (AvgIpc) is 2.98. The summed E-state index contributed by atoms with van der Waals surface area (Å²) in [5.41, 5.74) is -0.635. The van der Waals surface area contributed by atoms with Crippen LogP contribution in [-0.4, -0.2) is 20.3 Å². The van der Waals surface area contributed by atoms with Crippen LogP contribution >= 0.6 is 11.8 Å². The van der Waals surface area contributed by atoms with Crippen LogP contribution in [0.2, 0.25) is 0 Å². The third-order valence-corrected chi connectivity index (χ3v) is 5.12. The molecule has 136 valence electrons. The molecule has 4 rings (SSSR count). The van der Waals surface area contributed by atoms with Crippen LogP contribution in [0.3, 0.4) is 0 Å².